The summed E-state index contributed by atoms with van der Waals surface area (Å²) in [6.07, 6.45) is 2.60. The van der Waals surface area contributed by atoms with Gasteiger partial charge in [-0.1, -0.05) is 47.5 Å². The highest BCUT2D eigenvalue weighted by Gasteiger charge is 2.17. The van der Waals surface area contributed by atoms with Gasteiger partial charge in [0, 0.05) is 11.8 Å². The van der Waals surface area contributed by atoms with E-state index in [9.17, 15) is 0 Å². The van der Waals surface area contributed by atoms with Gasteiger partial charge in [-0.3, -0.25) is 0 Å². The second-order valence-electron chi connectivity index (χ2n) is 4.12. The number of nitrogens with one attached hydrogen (secondary N) is 1. The first kappa shape index (κ1) is 14.3. The molecule has 0 saturated carbocycles. The fraction of sp³-hybridized carbons (Fsp3) is 1.00. The van der Waals surface area contributed by atoms with E-state index in [1.54, 1.807) is 0 Å². The fourth-order valence-electron chi connectivity index (χ4n) is 1.78. The standard InChI is InChI=1S/C12H27NS/c1-6-11(7-2)12(13-8-3)9-14-10(4)5/h10-13H,6-9H2,1-5H3. The average Bonchev–Trinajstić information content (AvgIpc) is 2.15. The van der Waals surface area contributed by atoms with Crippen LogP contribution in [0.5, 0.6) is 0 Å². The molecule has 0 spiro atoms. The van der Waals surface area contributed by atoms with Crippen LogP contribution in [-0.4, -0.2) is 23.6 Å². The van der Waals surface area contributed by atoms with Gasteiger partial charge < -0.3 is 5.32 Å². The summed E-state index contributed by atoms with van der Waals surface area (Å²) in [5.74, 6) is 2.11. The van der Waals surface area contributed by atoms with Crippen LogP contribution in [0.25, 0.3) is 0 Å². The predicted octanol–water partition coefficient (Wildman–Crippen LogP) is 3.54. The molecule has 0 bridgehead atoms. The van der Waals surface area contributed by atoms with E-state index in [1.807, 2.05) is 0 Å². The van der Waals surface area contributed by atoms with Crippen LogP contribution in [0.15, 0.2) is 0 Å². The third-order valence-electron chi connectivity index (χ3n) is 2.69. The molecule has 0 aliphatic heterocycles. The summed E-state index contributed by atoms with van der Waals surface area (Å²) in [7, 11) is 0. The molecule has 0 fully saturated rings. The molecule has 1 unspecified atom stereocenters. The molecule has 0 radical (unpaired) electrons. The molecule has 2 heteroatoms. The maximum atomic E-state index is 3.62. The van der Waals surface area contributed by atoms with Gasteiger partial charge in [0.25, 0.3) is 0 Å². The SMILES string of the molecule is CCNC(CSC(C)C)C(CC)CC. The van der Waals surface area contributed by atoms with Crippen molar-refractivity contribution < 1.29 is 0 Å². The highest BCUT2D eigenvalue weighted by atomic mass is 32.2. The van der Waals surface area contributed by atoms with Gasteiger partial charge in [-0.05, 0) is 17.7 Å². The summed E-state index contributed by atoms with van der Waals surface area (Å²) in [6.45, 7) is 12.5. The largest absolute Gasteiger partial charge is 0.313 e. The Bertz CT molecular complexity index is 121. The molecule has 14 heavy (non-hydrogen) atoms. The molecule has 86 valence electrons. The molecule has 1 atom stereocenters. The van der Waals surface area contributed by atoms with Crippen molar-refractivity contribution in [1.82, 2.24) is 5.32 Å². The third kappa shape index (κ3) is 5.92. The van der Waals surface area contributed by atoms with E-state index >= 15 is 0 Å². The summed E-state index contributed by atoms with van der Waals surface area (Å²) in [4.78, 5) is 0. The number of rotatable bonds is 8. The van der Waals surface area contributed by atoms with Crippen LogP contribution < -0.4 is 5.32 Å². The fourth-order valence-corrected chi connectivity index (χ4v) is 2.76. The summed E-state index contributed by atoms with van der Waals surface area (Å²) in [5.41, 5.74) is 0. The average molecular weight is 217 g/mol. The number of hydrogen-bond acceptors (Lipinski definition) is 2. The van der Waals surface area contributed by atoms with Gasteiger partial charge in [0.15, 0.2) is 0 Å². The van der Waals surface area contributed by atoms with Crippen LogP contribution >= 0.6 is 11.8 Å². The Morgan fingerprint density at radius 2 is 1.64 bits per heavy atom. The lowest BCUT2D eigenvalue weighted by Gasteiger charge is -2.26. The molecule has 0 aromatic rings. The van der Waals surface area contributed by atoms with E-state index in [0.717, 1.165) is 17.7 Å². The molecule has 0 saturated heterocycles. The first-order valence-electron chi connectivity index (χ1n) is 6.00. The number of thioether (sulfide) groups is 1. The van der Waals surface area contributed by atoms with Crippen molar-refractivity contribution in [2.24, 2.45) is 5.92 Å². The molecule has 0 heterocycles. The Labute approximate surface area is 94.4 Å². The quantitative estimate of drug-likeness (QED) is 0.667. The van der Waals surface area contributed by atoms with Crippen LogP contribution in [-0.2, 0) is 0 Å². The van der Waals surface area contributed by atoms with Crippen molar-refractivity contribution in [3.63, 3.8) is 0 Å². The van der Waals surface area contributed by atoms with Crippen molar-refractivity contribution in [3.05, 3.63) is 0 Å². The van der Waals surface area contributed by atoms with Gasteiger partial charge in [0.2, 0.25) is 0 Å². The van der Waals surface area contributed by atoms with E-state index in [-0.39, 0.29) is 0 Å². The molecule has 1 N–H and O–H groups in total. The van der Waals surface area contributed by atoms with E-state index in [2.05, 4.69) is 51.7 Å². The Balaban J connectivity index is 3.98. The zero-order chi connectivity index (χ0) is 11.0. The summed E-state index contributed by atoms with van der Waals surface area (Å²) < 4.78 is 0. The molecule has 0 aromatic carbocycles. The highest BCUT2D eigenvalue weighted by Crippen LogP contribution is 2.19. The second-order valence-corrected chi connectivity index (χ2v) is 5.73. The summed E-state index contributed by atoms with van der Waals surface area (Å²) in [5, 5.41) is 4.37. The Kier molecular flexibility index (Phi) is 8.80. The lowest BCUT2D eigenvalue weighted by molar-refractivity contribution is 0.365. The summed E-state index contributed by atoms with van der Waals surface area (Å²) in [6, 6.07) is 0.711. The van der Waals surface area contributed by atoms with Gasteiger partial charge in [0.05, 0.1) is 0 Å². The monoisotopic (exact) mass is 217 g/mol. The summed E-state index contributed by atoms with van der Waals surface area (Å²) >= 11 is 2.08. The zero-order valence-electron chi connectivity index (χ0n) is 10.5. The van der Waals surface area contributed by atoms with E-state index < -0.39 is 0 Å². The molecule has 0 aliphatic carbocycles. The van der Waals surface area contributed by atoms with Crippen LogP contribution in [0.3, 0.4) is 0 Å². The van der Waals surface area contributed by atoms with Crippen LogP contribution in [0.1, 0.15) is 47.5 Å². The van der Waals surface area contributed by atoms with Crippen LogP contribution in [0, 0.1) is 5.92 Å². The van der Waals surface area contributed by atoms with Crippen LogP contribution in [0.2, 0.25) is 0 Å². The van der Waals surface area contributed by atoms with Crippen molar-refractivity contribution in [1.29, 1.82) is 0 Å². The molecule has 1 nitrogen and oxygen atoms in total. The van der Waals surface area contributed by atoms with Gasteiger partial charge >= 0.3 is 0 Å². The first-order valence-corrected chi connectivity index (χ1v) is 7.05. The van der Waals surface area contributed by atoms with Crippen molar-refractivity contribution >= 4 is 11.8 Å². The minimum atomic E-state index is 0.711. The maximum Gasteiger partial charge on any atom is 0.0186 e. The second kappa shape index (κ2) is 8.60. The van der Waals surface area contributed by atoms with E-state index in [0.29, 0.717) is 6.04 Å². The maximum absolute atomic E-state index is 3.62. The van der Waals surface area contributed by atoms with Gasteiger partial charge in [-0.15, -0.1) is 0 Å². The highest BCUT2D eigenvalue weighted by molar-refractivity contribution is 7.99. The van der Waals surface area contributed by atoms with Gasteiger partial charge in [-0.2, -0.15) is 11.8 Å². The lowest BCUT2D eigenvalue weighted by atomic mass is 9.95. The third-order valence-corrected chi connectivity index (χ3v) is 3.91. The number of hydrogen-bond donors (Lipinski definition) is 1. The van der Waals surface area contributed by atoms with Crippen molar-refractivity contribution in [3.8, 4) is 0 Å². The predicted molar refractivity (Wildman–Crippen MR) is 69.1 cm³/mol. The zero-order valence-corrected chi connectivity index (χ0v) is 11.3. The molecular weight excluding hydrogens is 190 g/mol. The molecule has 0 aromatic heterocycles. The molecule has 0 amide bonds. The smallest absolute Gasteiger partial charge is 0.0186 e. The van der Waals surface area contributed by atoms with E-state index in [1.165, 1.54) is 18.6 Å². The van der Waals surface area contributed by atoms with E-state index in [4.69, 9.17) is 0 Å². The minimum Gasteiger partial charge on any atom is -0.313 e. The normalized spacial score (nSPS) is 13.9. The molecule has 0 rings (SSSR count). The van der Waals surface area contributed by atoms with Crippen molar-refractivity contribution in [2.75, 3.05) is 12.3 Å². The Morgan fingerprint density at radius 3 is 2.00 bits per heavy atom. The Morgan fingerprint density at radius 1 is 1.07 bits per heavy atom. The Hall–Kier alpha value is 0.310. The first-order chi connectivity index (χ1) is 6.65. The van der Waals surface area contributed by atoms with Gasteiger partial charge in [0.1, 0.15) is 0 Å². The lowest BCUT2D eigenvalue weighted by Crippen LogP contribution is -2.38. The molecule has 0 aliphatic rings. The topological polar surface area (TPSA) is 12.0 Å². The van der Waals surface area contributed by atoms with Crippen molar-refractivity contribution in [2.45, 2.75) is 58.8 Å². The molecular formula is C12H27NS. The minimum absolute atomic E-state index is 0.711. The van der Waals surface area contributed by atoms with Crippen LogP contribution in [0.4, 0.5) is 0 Å². The van der Waals surface area contributed by atoms with Gasteiger partial charge in [-0.25, -0.2) is 0 Å².